The largest absolute Gasteiger partial charge is 0.384 e. The van der Waals surface area contributed by atoms with Crippen LogP contribution in [0.2, 0.25) is 0 Å². The summed E-state index contributed by atoms with van der Waals surface area (Å²) in [4.78, 5) is 4.22. The van der Waals surface area contributed by atoms with Crippen LogP contribution in [0.25, 0.3) is 11.3 Å². The van der Waals surface area contributed by atoms with E-state index in [1.54, 1.807) is 6.07 Å². The number of hydrogen-bond acceptors (Lipinski definition) is 2. The molecule has 0 amide bonds. The molecule has 0 aliphatic rings. The first-order valence-corrected chi connectivity index (χ1v) is 4.14. The highest BCUT2D eigenvalue weighted by molar-refractivity contribution is 5.60. The molecule has 2 N–H and O–H groups in total. The summed E-state index contributed by atoms with van der Waals surface area (Å²) < 4.78 is 0. The van der Waals surface area contributed by atoms with Crippen molar-refractivity contribution < 1.29 is 0 Å². The Morgan fingerprint density at radius 2 is 1.62 bits per heavy atom. The first-order chi connectivity index (χ1) is 6.36. The SMILES string of the molecule is Nc1cccc(-c2ccccc2)n1. The van der Waals surface area contributed by atoms with Crippen molar-refractivity contribution in [1.29, 1.82) is 0 Å². The molecule has 1 aromatic heterocycles. The molecule has 0 unspecified atom stereocenters. The Hall–Kier alpha value is -1.83. The standard InChI is InChI=1S/C11H10N2/c12-11-8-4-7-10(13-11)9-5-2-1-3-6-9/h1-8H,(H2,12,13). The van der Waals surface area contributed by atoms with Gasteiger partial charge in [0.1, 0.15) is 5.82 Å². The first-order valence-electron chi connectivity index (χ1n) is 4.14. The quantitative estimate of drug-likeness (QED) is 0.713. The highest BCUT2D eigenvalue weighted by Gasteiger charge is 1.96. The van der Waals surface area contributed by atoms with Crippen molar-refractivity contribution >= 4 is 5.82 Å². The highest BCUT2D eigenvalue weighted by atomic mass is 14.8. The van der Waals surface area contributed by atoms with E-state index >= 15 is 0 Å². The number of rotatable bonds is 1. The van der Waals surface area contributed by atoms with Crippen molar-refractivity contribution in [3.05, 3.63) is 48.5 Å². The number of hydrogen-bond donors (Lipinski definition) is 1. The van der Waals surface area contributed by atoms with E-state index in [0.29, 0.717) is 5.82 Å². The number of anilines is 1. The zero-order valence-corrected chi connectivity index (χ0v) is 7.14. The number of nitrogens with two attached hydrogens (primary N) is 1. The van der Waals surface area contributed by atoms with Crippen LogP contribution in [0.1, 0.15) is 0 Å². The van der Waals surface area contributed by atoms with Crippen LogP contribution in [-0.2, 0) is 0 Å². The minimum atomic E-state index is 0.557. The van der Waals surface area contributed by atoms with Gasteiger partial charge in [0, 0.05) is 5.56 Å². The average molecular weight is 170 g/mol. The topological polar surface area (TPSA) is 38.9 Å². The molecule has 2 aromatic rings. The fraction of sp³-hybridized carbons (Fsp3) is 0. The molecular formula is C11H10N2. The fourth-order valence-corrected chi connectivity index (χ4v) is 1.22. The monoisotopic (exact) mass is 170 g/mol. The van der Waals surface area contributed by atoms with Crippen molar-refractivity contribution in [3.63, 3.8) is 0 Å². The van der Waals surface area contributed by atoms with Crippen LogP contribution >= 0.6 is 0 Å². The van der Waals surface area contributed by atoms with Crippen molar-refractivity contribution in [2.24, 2.45) is 0 Å². The van der Waals surface area contributed by atoms with Gasteiger partial charge in [-0.05, 0) is 12.1 Å². The minimum Gasteiger partial charge on any atom is -0.384 e. The predicted molar refractivity (Wildman–Crippen MR) is 54.1 cm³/mol. The summed E-state index contributed by atoms with van der Waals surface area (Å²) in [5.74, 6) is 0.557. The predicted octanol–water partition coefficient (Wildman–Crippen LogP) is 2.33. The molecule has 64 valence electrons. The van der Waals surface area contributed by atoms with Crippen LogP contribution in [0.4, 0.5) is 5.82 Å². The molecule has 1 heterocycles. The molecule has 2 rings (SSSR count). The normalized spacial score (nSPS) is 9.85. The lowest BCUT2D eigenvalue weighted by atomic mass is 10.1. The average Bonchev–Trinajstić information content (AvgIpc) is 2.19. The molecular weight excluding hydrogens is 160 g/mol. The smallest absolute Gasteiger partial charge is 0.124 e. The molecule has 0 atom stereocenters. The Kier molecular flexibility index (Phi) is 1.96. The lowest BCUT2D eigenvalue weighted by molar-refractivity contribution is 1.33. The summed E-state index contributed by atoms with van der Waals surface area (Å²) in [5.41, 5.74) is 7.59. The van der Waals surface area contributed by atoms with Crippen LogP contribution in [0.15, 0.2) is 48.5 Å². The maximum Gasteiger partial charge on any atom is 0.124 e. The van der Waals surface area contributed by atoms with E-state index in [1.165, 1.54) is 0 Å². The van der Waals surface area contributed by atoms with Gasteiger partial charge in [0.25, 0.3) is 0 Å². The Morgan fingerprint density at radius 3 is 2.31 bits per heavy atom. The second-order valence-corrected chi connectivity index (χ2v) is 2.81. The molecule has 2 heteroatoms. The number of pyridine rings is 1. The Morgan fingerprint density at radius 1 is 0.846 bits per heavy atom. The summed E-state index contributed by atoms with van der Waals surface area (Å²) in [6, 6.07) is 15.6. The zero-order valence-electron chi connectivity index (χ0n) is 7.14. The minimum absolute atomic E-state index is 0.557. The summed E-state index contributed by atoms with van der Waals surface area (Å²) in [6.07, 6.45) is 0. The van der Waals surface area contributed by atoms with Gasteiger partial charge >= 0.3 is 0 Å². The van der Waals surface area contributed by atoms with E-state index < -0.39 is 0 Å². The van der Waals surface area contributed by atoms with Crippen molar-refractivity contribution in [2.45, 2.75) is 0 Å². The Labute approximate surface area is 77.0 Å². The van der Waals surface area contributed by atoms with Gasteiger partial charge in [-0.1, -0.05) is 36.4 Å². The van der Waals surface area contributed by atoms with Gasteiger partial charge in [-0.3, -0.25) is 0 Å². The van der Waals surface area contributed by atoms with Gasteiger partial charge < -0.3 is 5.73 Å². The molecule has 0 saturated heterocycles. The van der Waals surface area contributed by atoms with Crippen LogP contribution in [0, 0.1) is 0 Å². The van der Waals surface area contributed by atoms with Crippen LogP contribution in [-0.4, -0.2) is 4.98 Å². The summed E-state index contributed by atoms with van der Waals surface area (Å²) in [5, 5.41) is 0. The number of aromatic nitrogens is 1. The molecule has 0 spiro atoms. The first kappa shape index (κ1) is 7.80. The summed E-state index contributed by atoms with van der Waals surface area (Å²) >= 11 is 0. The van der Waals surface area contributed by atoms with Gasteiger partial charge in [-0.2, -0.15) is 0 Å². The third kappa shape index (κ3) is 1.67. The fourth-order valence-electron chi connectivity index (χ4n) is 1.22. The maximum atomic E-state index is 5.58. The van der Waals surface area contributed by atoms with Crippen molar-refractivity contribution in [3.8, 4) is 11.3 Å². The summed E-state index contributed by atoms with van der Waals surface area (Å²) in [7, 11) is 0. The number of nitrogens with zero attached hydrogens (tertiary/aromatic N) is 1. The van der Waals surface area contributed by atoms with Gasteiger partial charge in [0.2, 0.25) is 0 Å². The van der Waals surface area contributed by atoms with Crippen molar-refractivity contribution in [1.82, 2.24) is 4.98 Å². The molecule has 13 heavy (non-hydrogen) atoms. The van der Waals surface area contributed by atoms with Gasteiger partial charge in [0.15, 0.2) is 0 Å². The lowest BCUT2D eigenvalue weighted by Gasteiger charge is -2.00. The van der Waals surface area contributed by atoms with E-state index in [0.717, 1.165) is 11.3 Å². The molecule has 0 fully saturated rings. The maximum absolute atomic E-state index is 5.58. The second kappa shape index (κ2) is 3.27. The molecule has 0 aliphatic heterocycles. The molecule has 0 bridgehead atoms. The molecule has 0 radical (unpaired) electrons. The van der Waals surface area contributed by atoms with Gasteiger partial charge in [0.05, 0.1) is 5.69 Å². The third-order valence-electron chi connectivity index (χ3n) is 1.84. The van der Waals surface area contributed by atoms with E-state index in [-0.39, 0.29) is 0 Å². The Bertz CT molecular complexity index is 396. The Balaban J connectivity index is 2.48. The van der Waals surface area contributed by atoms with Crippen LogP contribution < -0.4 is 5.73 Å². The molecule has 1 aromatic carbocycles. The van der Waals surface area contributed by atoms with E-state index in [9.17, 15) is 0 Å². The molecule has 2 nitrogen and oxygen atoms in total. The van der Waals surface area contributed by atoms with E-state index in [4.69, 9.17) is 5.73 Å². The van der Waals surface area contributed by atoms with Gasteiger partial charge in [-0.25, -0.2) is 4.98 Å². The molecule has 0 aliphatic carbocycles. The van der Waals surface area contributed by atoms with Gasteiger partial charge in [-0.15, -0.1) is 0 Å². The van der Waals surface area contributed by atoms with E-state index in [2.05, 4.69) is 4.98 Å². The third-order valence-corrected chi connectivity index (χ3v) is 1.84. The number of benzene rings is 1. The van der Waals surface area contributed by atoms with Crippen LogP contribution in [0.5, 0.6) is 0 Å². The van der Waals surface area contributed by atoms with E-state index in [1.807, 2.05) is 42.5 Å². The lowest BCUT2D eigenvalue weighted by Crippen LogP contribution is -1.90. The highest BCUT2D eigenvalue weighted by Crippen LogP contribution is 2.16. The molecule has 0 saturated carbocycles. The number of nitrogen functional groups attached to an aromatic ring is 1. The second-order valence-electron chi connectivity index (χ2n) is 2.81. The zero-order chi connectivity index (χ0) is 9.10. The van der Waals surface area contributed by atoms with Crippen LogP contribution in [0.3, 0.4) is 0 Å². The summed E-state index contributed by atoms with van der Waals surface area (Å²) in [6.45, 7) is 0. The van der Waals surface area contributed by atoms with Crippen molar-refractivity contribution in [2.75, 3.05) is 5.73 Å².